The van der Waals surface area contributed by atoms with Crippen molar-refractivity contribution in [2.75, 3.05) is 18.5 Å². The number of aromatic nitrogens is 1. The van der Waals surface area contributed by atoms with E-state index in [1.165, 1.54) is 0 Å². The number of pyridine rings is 1. The minimum absolute atomic E-state index is 0.218. The molecular formula is C12H20N4O. The van der Waals surface area contributed by atoms with E-state index in [9.17, 15) is 5.11 Å². The average molecular weight is 236 g/mol. The van der Waals surface area contributed by atoms with Crippen molar-refractivity contribution in [2.24, 2.45) is 11.8 Å². The molecule has 17 heavy (non-hydrogen) atoms. The molecule has 5 nitrogen and oxygen atoms in total. The third kappa shape index (κ3) is 3.15. The number of nitrogens with two attached hydrogens (primary N) is 1. The zero-order valence-electron chi connectivity index (χ0n) is 10.1. The van der Waals surface area contributed by atoms with Crippen LogP contribution in [0, 0.1) is 5.92 Å². The maximum atomic E-state index is 9.55. The van der Waals surface area contributed by atoms with E-state index in [4.69, 9.17) is 5.84 Å². The summed E-state index contributed by atoms with van der Waals surface area (Å²) in [5, 5.41) is 9.55. The molecule has 2 atom stereocenters. The molecule has 4 N–H and O–H groups in total. The molecule has 0 spiro atoms. The van der Waals surface area contributed by atoms with Crippen molar-refractivity contribution >= 4 is 5.82 Å². The second-order valence-electron chi connectivity index (χ2n) is 4.68. The quantitative estimate of drug-likeness (QED) is 0.526. The maximum Gasteiger partial charge on any atom is 0.140 e. The highest BCUT2D eigenvalue weighted by molar-refractivity contribution is 5.33. The lowest BCUT2D eigenvalue weighted by atomic mass is 10.0. The van der Waals surface area contributed by atoms with Crippen molar-refractivity contribution in [3.05, 3.63) is 23.9 Å². The van der Waals surface area contributed by atoms with Crippen molar-refractivity contribution in [2.45, 2.75) is 26.0 Å². The van der Waals surface area contributed by atoms with E-state index in [1.807, 2.05) is 25.1 Å². The highest BCUT2D eigenvalue weighted by Gasteiger charge is 2.25. The fourth-order valence-corrected chi connectivity index (χ4v) is 2.28. The Labute approximate surface area is 102 Å². The van der Waals surface area contributed by atoms with E-state index in [1.54, 1.807) is 0 Å². The van der Waals surface area contributed by atoms with Gasteiger partial charge in [-0.25, -0.2) is 10.8 Å². The first-order valence-electron chi connectivity index (χ1n) is 6.02. The predicted molar refractivity (Wildman–Crippen MR) is 67.1 cm³/mol. The fourth-order valence-electron chi connectivity index (χ4n) is 2.28. The summed E-state index contributed by atoms with van der Waals surface area (Å²) in [5.41, 5.74) is 3.56. The first-order chi connectivity index (χ1) is 8.19. The number of hydrazine groups is 1. The lowest BCUT2D eigenvalue weighted by molar-refractivity contribution is 0.127. The van der Waals surface area contributed by atoms with Gasteiger partial charge in [0.25, 0.3) is 0 Å². The van der Waals surface area contributed by atoms with Crippen LogP contribution in [-0.4, -0.2) is 34.2 Å². The van der Waals surface area contributed by atoms with Gasteiger partial charge in [-0.3, -0.25) is 4.90 Å². The van der Waals surface area contributed by atoms with E-state index >= 15 is 0 Å². The van der Waals surface area contributed by atoms with E-state index < -0.39 is 0 Å². The molecule has 1 aromatic heterocycles. The van der Waals surface area contributed by atoms with Crippen molar-refractivity contribution in [1.82, 2.24) is 9.88 Å². The van der Waals surface area contributed by atoms with Gasteiger partial charge in [-0.2, -0.15) is 0 Å². The number of nitrogens with one attached hydrogen (secondary N) is 1. The molecule has 2 rings (SSSR count). The summed E-state index contributed by atoms with van der Waals surface area (Å²) in [5.74, 6) is 6.41. The Bertz CT molecular complexity index is 369. The number of nitrogen functional groups attached to an aromatic ring is 1. The average Bonchev–Trinajstić information content (AvgIpc) is 2.78. The molecule has 0 bridgehead atoms. The van der Waals surface area contributed by atoms with Crippen LogP contribution < -0.4 is 11.3 Å². The van der Waals surface area contributed by atoms with E-state index in [2.05, 4.69) is 15.3 Å². The number of hydrogen-bond donors (Lipinski definition) is 3. The molecule has 94 valence electrons. The van der Waals surface area contributed by atoms with Crippen molar-refractivity contribution in [3.8, 4) is 0 Å². The SMILES string of the molecule is CC(O)C1CCN(Cc2cccc(NN)n2)C1. The summed E-state index contributed by atoms with van der Waals surface area (Å²) in [6.07, 6.45) is 0.844. The minimum Gasteiger partial charge on any atom is -0.393 e. The van der Waals surface area contributed by atoms with Gasteiger partial charge in [-0.05, 0) is 37.9 Å². The first kappa shape index (κ1) is 12.3. The van der Waals surface area contributed by atoms with Crippen molar-refractivity contribution < 1.29 is 5.11 Å². The fraction of sp³-hybridized carbons (Fsp3) is 0.583. The Morgan fingerprint density at radius 3 is 3.12 bits per heavy atom. The summed E-state index contributed by atoms with van der Waals surface area (Å²) in [6, 6.07) is 5.78. The van der Waals surface area contributed by atoms with E-state index in [0.29, 0.717) is 11.7 Å². The summed E-state index contributed by atoms with van der Waals surface area (Å²) in [7, 11) is 0. The van der Waals surface area contributed by atoms with Crippen LogP contribution in [0.25, 0.3) is 0 Å². The first-order valence-corrected chi connectivity index (χ1v) is 6.02. The molecule has 0 amide bonds. The number of likely N-dealkylation sites (tertiary alicyclic amines) is 1. The number of nitrogens with zero attached hydrogens (tertiary/aromatic N) is 2. The van der Waals surface area contributed by atoms with E-state index in [-0.39, 0.29) is 6.10 Å². The van der Waals surface area contributed by atoms with Gasteiger partial charge < -0.3 is 10.5 Å². The second-order valence-corrected chi connectivity index (χ2v) is 4.68. The maximum absolute atomic E-state index is 9.55. The van der Waals surface area contributed by atoms with Gasteiger partial charge in [0.15, 0.2) is 0 Å². The topological polar surface area (TPSA) is 74.4 Å². The number of anilines is 1. The number of rotatable bonds is 4. The highest BCUT2D eigenvalue weighted by Crippen LogP contribution is 2.21. The van der Waals surface area contributed by atoms with Gasteiger partial charge in [0.05, 0.1) is 11.8 Å². The van der Waals surface area contributed by atoms with E-state index in [0.717, 1.165) is 31.7 Å². The molecule has 0 aromatic carbocycles. The molecule has 1 aliphatic rings. The van der Waals surface area contributed by atoms with Crippen LogP contribution in [0.1, 0.15) is 19.0 Å². The summed E-state index contributed by atoms with van der Waals surface area (Å²) < 4.78 is 0. The molecule has 1 aromatic rings. The van der Waals surface area contributed by atoms with Gasteiger partial charge in [0.1, 0.15) is 5.82 Å². The molecule has 1 aliphatic heterocycles. The smallest absolute Gasteiger partial charge is 0.140 e. The molecule has 0 saturated carbocycles. The zero-order valence-corrected chi connectivity index (χ0v) is 10.1. The summed E-state index contributed by atoms with van der Waals surface area (Å²) in [6.45, 7) is 4.65. The van der Waals surface area contributed by atoms with Crippen LogP contribution in [0.2, 0.25) is 0 Å². The number of aliphatic hydroxyl groups excluding tert-OH is 1. The van der Waals surface area contributed by atoms with Crippen molar-refractivity contribution in [3.63, 3.8) is 0 Å². The lowest BCUT2D eigenvalue weighted by Crippen LogP contribution is -2.24. The molecule has 1 saturated heterocycles. The van der Waals surface area contributed by atoms with Crippen molar-refractivity contribution in [1.29, 1.82) is 0 Å². The van der Waals surface area contributed by atoms with Crippen LogP contribution in [0.3, 0.4) is 0 Å². The molecule has 2 heterocycles. The lowest BCUT2D eigenvalue weighted by Gasteiger charge is -2.17. The molecule has 0 aliphatic carbocycles. The Balaban J connectivity index is 1.93. The molecule has 5 heteroatoms. The molecule has 2 unspecified atom stereocenters. The highest BCUT2D eigenvalue weighted by atomic mass is 16.3. The zero-order chi connectivity index (χ0) is 12.3. The summed E-state index contributed by atoms with van der Waals surface area (Å²) in [4.78, 5) is 6.70. The third-order valence-corrected chi connectivity index (χ3v) is 3.33. The largest absolute Gasteiger partial charge is 0.393 e. The third-order valence-electron chi connectivity index (χ3n) is 3.33. The standard InChI is InChI=1S/C12H20N4O/c1-9(17)10-5-6-16(7-10)8-11-3-2-4-12(14-11)15-13/h2-4,9-10,17H,5-8,13H2,1H3,(H,14,15). The Morgan fingerprint density at radius 2 is 2.47 bits per heavy atom. The van der Waals surface area contributed by atoms with Gasteiger partial charge in [0, 0.05) is 13.1 Å². The van der Waals surface area contributed by atoms with Crippen LogP contribution in [0.5, 0.6) is 0 Å². The van der Waals surface area contributed by atoms with Crippen LogP contribution in [-0.2, 0) is 6.54 Å². The Kier molecular flexibility index (Phi) is 3.93. The Morgan fingerprint density at radius 1 is 1.65 bits per heavy atom. The van der Waals surface area contributed by atoms with Gasteiger partial charge >= 0.3 is 0 Å². The predicted octanol–water partition coefficient (Wildman–Crippen LogP) is 0.570. The van der Waals surface area contributed by atoms with Gasteiger partial charge in [-0.1, -0.05) is 6.07 Å². The molecule has 0 radical (unpaired) electrons. The van der Waals surface area contributed by atoms with Crippen LogP contribution >= 0.6 is 0 Å². The van der Waals surface area contributed by atoms with Crippen LogP contribution in [0.15, 0.2) is 18.2 Å². The number of hydrogen-bond acceptors (Lipinski definition) is 5. The summed E-state index contributed by atoms with van der Waals surface area (Å²) >= 11 is 0. The normalized spacial score (nSPS) is 22.6. The molecule has 1 fully saturated rings. The number of aliphatic hydroxyl groups is 1. The molecular weight excluding hydrogens is 216 g/mol. The second kappa shape index (κ2) is 5.44. The van der Waals surface area contributed by atoms with Gasteiger partial charge in [-0.15, -0.1) is 0 Å². The Hall–Kier alpha value is -1.17. The monoisotopic (exact) mass is 236 g/mol. The van der Waals surface area contributed by atoms with Gasteiger partial charge in [0.2, 0.25) is 0 Å². The minimum atomic E-state index is -0.218. The van der Waals surface area contributed by atoms with Crippen LogP contribution in [0.4, 0.5) is 5.82 Å².